The van der Waals surface area contributed by atoms with Crippen LogP contribution in [0, 0.1) is 17.0 Å². The van der Waals surface area contributed by atoms with Gasteiger partial charge >= 0.3 is 0 Å². The molecule has 0 saturated heterocycles. The summed E-state index contributed by atoms with van der Waals surface area (Å²) in [5.74, 6) is -8.38. The quantitative estimate of drug-likeness (QED) is 0.472. The summed E-state index contributed by atoms with van der Waals surface area (Å²) < 4.78 is 55.4. The number of hydrogen-bond donors (Lipinski definition) is 2. The van der Waals surface area contributed by atoms with E-state index >= 15 is 0 Å². The highest BCUT2D eigenvalue weighted by molar-refractivity contribution is 6.23. The van der Waals surface area contributed by atoms with Gasteiger partial charge in [0.2, 0.25) is 0 Å². The van der Waals surface area contributed by atoms with E-state index < -0.39 is 64.4 Å². The Bertz CT molecular complexity index is 1190. The van der Waals surface area contributed by atoms with Crippen LogP contribution in [0.2, 0.25) is 0 Å². The second-order valence-corrected chi connectivity index (χ2v) is 9.43. The lowest BCUT2D eigenvalue weighted by molar-refractivity contribution is -0.158. The molecule has 2 heterocycles. The number of aromatic nitrogens is 1. The fourth-order valence-electron chi connectivity index (χ4n) is 3.96. The molecule has 0 aliphatic carbocycles. The highest BCUT2D eigenvalue weighted by Crippen LogP contribution is 2.36. The molecule has 0 bridgehead atoms. The highest BCUT2D eigenvalue weighted by atomic mass is 19.3. The summed E-state index contributed by atoms with van der Waals surface area (Å²) in [6.07, 6.45) is 0. The number of amides is 2. The predicted octanol–water partition coefficient (Wildman–Crippen LogP) is 4.53. The topological polar surface area (TPSA) is 85.8 Å². The second kappa shape index (κ2) is 9.29. The molecule has 2 amide bonds. The molecule has 0 spiro atoms. The largest absolute Gasteiger partial charge is 0.509 e. The third kappa shape index (κ3) is 5.29. The molecule has 1 unspecified atom stereocenters. The maximum absolute atomic E-state index is 14.4. The van der Waals surface area contributed by atoms with Crippen molar-refractivity contribution in [3.8, 4) is 0 Å². The number of aliphatic hydroxyl groups is 1. The molecule has 1 aliphatic heterocycles. The van der Waals surface area contributed by atoms with Crippen LogP contribution in [0.3, 0.4) is 0 Å². The Labute approximate surface area is 200 Å². The van der Waals surface area contributed by atoms with Gasteiger partial charge in [0.15, 0.2) is 11.6 Å². The summed E-state index contributed by atoms with van der Waals surface area (Å²) in [5.41, 5.74) is -2.11. The minimum Gasteiger partial charge on any atom is -0.509 e. The number of benzene rings is 1. The van der Waals surface area contributed by atoms with Crippen molar-refractivity contribution in [3.63, 3.8) is 0 Å². The van der Waals surface area contributed by atoms with Gasteiger partial charge in [0, 0.05) is 19.5 Å². The molecule has 2 N–H and O–H groups in total. The Balaban J connectivity index is 2.02. The first-order valence-corrected chi connectivity index (χ1v) is 10.7. The van der Waals surface area contributed by atoms with E-state index in [2.05, 4.69) is 10.3 Å². The van der Waals surface area contributed by atoms with Crippen LogP contribution in [0.15, 0.2) is 47.7 Å². The third-order valence-electron chi connectivity index (χ3n) is 5.56. The van der Waals surface area contributed by atoms with E-state index in [1.807, 2.05) is 0 Å². The molecular formula is C24H26F4N4O3. The van der Waals surface area contributed by atoms with Crippen molar-refractivity contribution in [1.82, 2.24) is 15.0 Å². The smallest absolute Gasteiger partial charge is 0.287 e. The fraction of sp³-hybridized carbons (Fsp3) is 0.375. The summed E-state index contributed by atoms with van der Waals surface area (Å²) >= 11 is 0. The van der Waals surface area contributed by atoms with Crippen molar-refractivity contribution in [2.75, 3.05) is 12.4 Å². The summed E-state index contributed by atoms with van der Waals surface area (Å²) in [5, 5.41) is 15.6. The molecule has 11 heteroatoms. The zero-order valence-electron chi connectivity index (χ0n) is 19.9. The number of carbonyl (C=O) groups is 2. The van der Waals surface area contributed by atoms with Crippen molar-refractivity contribution < 1.29 is 32.3 Å². The first-order valence-electron chi connectivity index (χ1n) is 10.7. The lowest BCUT2D eigenvalue weighted by atomic mass is 9.82. The number of hydrogen-bond acceptors (Lipinski definition) is 5. The molecule has 1 aromatic carbocycles. The van der Waals surface area contributed by atoms with Gasteiger partial charge in [-0.05, 0) is 23.6 Å². The van der Waals surface area contributed by atoms with E-state index in [0.717, 1.165) is 17.1 Å². The Morgan fingerprint density at radius 2 is 1.74 bits per heavy atom. The van der Waals surface area contributed by atoms with Crippen LogP contribution in [0.4, 0.5) is 23.4 Å². The molecule has 3 rings (SSSR count). The van der Waals surface area contributed by atoms with E-state index in [-0.39, 0.29) is 11.4 Å². The number of anilines is 1. The van der Waals surface area contributed by atoms with Crippen LogP contribution in [0.25, 0.3) is 0 Å². The van der Waals surface area contributed by atoms with Crippen LogP contribution >= 0.6 is 0 Å². The van der Waals surface area contributed by atoms with E-state index in [9.17, 15) is 32.3 Å². The summed E-state index contributed by atoms with van der Waals surface area (Å²) in [7, 11) is 1.48. The maximum atomic E-state index is 14.4. The molecule has 2 aromatic rings. The van der Waals surface area contributed by atoms with Gasteiger partial charge in [0.25, 0.3) is 17.7 Å². The zero-order chi connectivity index (χ0) is 26.3. The Kier molecular flexibility index (Phi) is 6.94. The molecule has 1 aromatic heterocycles. The van der Waals surface area contributed by atoms with Gasteiger partial charge in [-0.25, -0.2) is 18.8 Å². The highest BCUT2D eigenvalue weighted by Gasteiger charge is 2.46. The molecule has 0 radical (unpaired) electrons. The van der Waals surface area contributed by atoms with E-state index in [4.69, 9.17) is 0 Å². The molecule has 188 valence electrons. The Hall–Kier alpha value is -3.47. The van der Waals surface area contributed by atoms with Crippen molar-refractivity contribution in [2.24, 2.45) is 5.41 Å². The minimum atomic E-state index is -3.27. The summed E-state index contributed by atoms with van der Waals surface area (Å²) in [4.78, 5) is 30.1. The van der Waals surface area contributed by atoms with Crippen LogP contribution in [0.1, 0.15) is 39.0 Å². The third-order valence-corrected chi connectivity index (χ3v) is 5.56. The second-order valence-electron chi connectivity index (χ2n) is 9.43. The first kappa shape index (κ1) is 26.1. The number of nitrogens with zero attached hydrogens (tertiary/aromatic N) is 3. The van der Waals surface area contributed by atoms with Gasteiger partial charge < -0.3 is 10.4 Å². The van der Waals surface area contributed by atoms with Crippen LogP contribution in [0.5, 0.6) is 0 Å². The van der Waals surface area contributed by atoms with Crippen molar-refractivity contribution in [3.05, 3.63) is 70.6 Å². The minimum absolute atomic E-state index is 0.140. The van der Waals surface area contributed by atoms with E-state index in [0.29, 0.717) is 6.92 Å². The van der Waals surface area contributed by atoms with Gasteiger partial charge in [0.1, 0.15) is 22.8 Å². The van der Waals surface area contributed by atoms with Gasteiger partial charge in [-0.15, -0.1) is 0 Å². The van der Waals surface area contributed by atoms with Gasteiger partial charge in [-0.2, -0.15) is 8.78 Å². The molecule has 0 fully saturated rings. The molecule has 35 heavy (non-hydrogen) atoms. The normalized spacial score (nSPS) is 17.7. The lowest BCUT2D eigenvalue weighted by Crippen LogP contribution is -2.59. The average Bonchev–Trinajstić information content (AvgIpc) is 2.72. The number of aliphatic hydroxyl groups excluding tert-OH is 1. The fourth-order valence-corrected chi connectivity index (χ4v) is 3.96. The van der Waals surface area contributed by atoms with Crippen molar-refractivity contribution >= 4 is 17.6 Å². The average molecular weight is 494 g/mol. The molecule has 0 saturated carbocycles. The van der Waals surface area contributed by atoms with Gasteiger partial charge in [-0.3, -0.25) is 14.6 Å². The molecule has 7 nitrogen and oxygen atoms in total. The SMILES string of the molecule is CN1C(C(C)(C)C)C(O)=C(C(=O)Nc2cccc(C(C)(F)F)n2)C(=O)N1Cc1cccc(F)c1F. The number of rotatable bonds is 5. The molecule has 1 aliphatic rings. The van der Waals surface area contributed by atoms with Crippen molar-refractivity contribution in [1.29, 1.82) is 0 Å². The number of halogens is 4. The standard InChI is InChI=1S/C24H26F4N4O3/c1-23(2,3)20-19(33)17(21(34)30-16-11-7-10-15(29-16)24(4,27)28)22(35)32(31(20)5)12-13-8-6-9-14(25)18(13)26/h6-11,20,33H,12H2,1-5H3,(H,29,30,34). The zero-order valence-corrected chi connectivity index (χ0v) is 19.9. The summed E-state index contributed by atoms with van der Waals surface area (Å²) in [6, 6.07) is 6.21. The number of pyridine rings is 1. The molecule has 1 atom stereocenters. The predicted molar refractivity (Wildman–Crippen MR) is 120 cm³/mol. The monoisotopic (exact) mass is 494 g/mol. The number of nitrogens with one attached hydrogen (secondary N) is 1. The van der Waals surface area contributed by atoms with Crippen LogP contribution in [-0.4, -0.2) is 45.0 Å². The maximum Gasteiger partial charge on any atom is 0.287 e. The lowest BCUT2D eigenvalue weighted by Gasteiger charge is -2.46. The summed E-state index contributed by atoms with van der Waals surface area (Å²) in [6.45, 7) is 5.49. The number of hydrazine groups is 1. The van der Waals surface area contributed by atoms with E-state index in [1.54, 1.807) is 20.8 Å². The van der Waals surface area contributed by atoms with Crippen LogP contribution < -0.4 is 5.32 Å². The van der Waals surface area contributed by atoms with Crippen molar-refractivity contribution in [2.45, 2.75) is 46.2 Å². The van der Waals surface area contributed by atoms with Gasteiger partial charge in [-0.1, -0.05) is 39.0 Å². The number of carbonyl (C=O) groups excluding carboxylic acids is 2. The van der Waals surface area contributed by atoms with E-state index in [1.165, 1.54) is 36.3 Å². The Morgan fingerprint density at radius 3 is 2.34 bits per heavy atom. The molecular weight excluding hydrogens is 468 g/mol. The van der Waals surface area contributed by atoms with Gasteiger partial charge in [0.05, 0.1) is 12.6 Å². The Morgan fingerprint density at radius 1 is 1.11 bits per heavy atom. The first-order chi connectivity index (χ1) is 16.1. The number of alkyl halides is 2. The number of likely N-dealkylation sites (N-methyl/N-ethyl adjacent to an activating group) is 1. The van der Waals surface area contributed by atoms with Crippen LogP contribution in [-0.2, 0) is 22.1 Å².